The highest BCUT2D eigenvalue weighted by atomic mass is 31.3. The summed E-state index contributed by atoms with van der Waals surface area (Å²) in [7, 11) is -10.8. The minimum absolute atomic E-state index is 0.410. The van der Waals surface area contributed by atoms with Gasteiger partial charge in [0.25, 0.3) is 7.82 Å². The molecule has 0 spiro atoms. The van der Waals surface area contributed by atoms with Crippen LogP contribution in [0.3, 0.4) is 0 Å². The minimum atomic E-state index is -5.66. The molecule has 9 heteroatoms. The zero-order valence-corrected chi connectivity index (χ0v) is 17.3. The lowest BCUT2D eigenvalue weighted by Crippen LogP contribution is -2.19. The molecule has 0 bridgehead atoms. The highest BCUT2D eigenvalue weighted by Crippen LogP contribution is 2.50. The second-order valence-corrected chi connectivity index (χ2v) is 8.74. The average molecular weight is 405 g/mol. The molecule has 0 saturated carbocycles. The van der Waals surface area contributed by atoms with Gasteiger partial charge in [0.2, 0.25) is 0 Å². The summed E-state index contributed by atoms with van der Waals surface area (Å²) in [4.78, 5) is 31.8. The van der Waals surface area contributed by atoms with Crippen LogP contribution in [0.2, 0.25) is 0 Å². The molecule has 0 aliphatic rings. The molecule has 0 aliphatic carbocycles. The van der Waals surface area contributed by atoms with Crippen LogP contribution in [-0.2, 0) is 18.0 Å². The molecular weight excluding hydrogens is 378 g/mol. The fourth-order valence-corrected chi connectivity index (χ4v) is 3.49. The fourth-order valence-electron chi connectivity index (χ4n) is 2.06. The molecule has 0 radical (unpaired) electrons. The van der Waals surface area contributed by atoms with Gasteiger partial charge in [-0.15, -0.1) is 6.58 Å². The lowest BCUT2D eigenvalue weighted by Gasteiger charge is -2.34. The van der Waals surface area contributed by atoms with E-state index in [2.05, 4.69) is 48.3 Å². The van der Waals surface area contributed by atoms with Crippen LogP contribution in [0, 0.1) is 0 Å². The molecule has 0 N–H and O–H groups in total. The van der Waals surface area contributed by atoms with Crippen molar-refractivity contribution in [2.45, 2.75) is 52.9 Å². The van der Waals surface area contributed by atoms with Gasteiger partial charge < -0.3 is 23.8 Å². The highest BCUT2D eigenvalue weighted by Gasteiger charge is 2.10. The van der Waals surface area contributed by atoms with Gasteiger partial charge in [-0.2, -0.15) is 0 Å². The maximum Gasteiger partial charge on any atom is 0.272 e. The van der Waals surface area contributed by atoms with E-state index >= 15 is 0 Å². The van der Waals surface area contributed by atoms with Gasteiger partial charge in [-0.25, -0.2) is 0 Å². The minimum Gasteiger partial charge on any atom is -0.790 e. The van der Waals surface area contributed by atoms with E-state index in [1.165, 1.54) is 17.2 Å². The lowest BCUT2D eigenvalue weighted by molar-refractivity contribution is -0.339. The molecule has 0 fully saturated rings. The molecule has 0 aromatic rings. The van der Waals surface area contributed by atoms with Crippen molar-refractivity contribution in [2.75, 3.05) is 6.61 Å². The van der Waals surface area contributed by atoms with E-state index in [9.17, 15) is 23.8 Å². The van der Waals surface area contributed by atoms with E-state index in [1.54, 1.807) is 6.08 Å². The summed E-state index contributed by atoms with van der Waals surface area (Å²) < 4.78 is 29.3. The SMILES string of the molecule is C=CC/C(=C\COP(=O)([O-])OP(=O)([O-])[O-])CC/C=C(\C)CCC=C(C)C. The first-order valence-corrected chi connectivity index (χ1v) is 11.1. The summed E-state index contributed by atoms with van der Waals surface area (Å²) >= 11 is 0. The van der Waals surface area contributed by atoms with Gasteiger partial charge in [-0.3, -0.25) is 8.88 Å². The summed E-state index contributed by atoms with van der Waals surface area (Å²) in [6.45, 7) is 9.42. The number of phosphoric acid groups is 2. The van der Waals surface area contributed by atoms with Gasteiger partial charge in [-0.05, 0) is 52.9 Å². The van der Waals surface area contributed by atoms with Crippen molar-refractivity contribution < 1.29 is 32.6 Å². The second kappa shape index (κ2) is 12.6. The lowest BCUT2D eigenvalue weighted by atomic mass is 10.0. The van der Waals surface area contributed by atoms with Crippen molar-refractivity contribution in [2.24, 2.45) is 0 Å². The number of allylic oxidation sites excluding steroid dienone is 6. The summed E-state index contributed by atoms with van der Waals surface area (Å²) in [6, 6.07) is 0. The van der Waals surface area contributed by atoms with Crippen molar-refractivity contribution in [1.29, 1.82) is 0 Å². The molecule has 0 saturated heterocycles. The number of rotatable bonds is 13. The normalized spacial score (nSPS) is 15.5. The zero-order chi connectivity index (χ0) is 20.2. The molecular formula is C17H27O7P2-3. The van der Waals surface area contributed by atoms with E-state index < -0.39 is 22.3 Å². The van der Waals surface area contributed by atoms with E-state index in [4.69, 9.17) is 0 Å². The summed E-state index contributed by atoms with van der Waals surface area (Å²) in [5.74, 6) is 0. The molecule has 0 heterocycles. The molecule has 0 amide bonds. The van der Waals surface area contributed by atoms with Crippen LogP contribution in [0.25, 0.3) is 0 Å². The van der Waals surface area contributed by atoms with Crippen LogP contribution < -0.4 is 14.7 Å². The predicted octanol–water partition coefficient (Wildman–Crippen LogP) is 3.29. The quantitative estimate of drug-likeness (QED) is 0.340. The van der Waals surface area contributed by atoms with Crippen molar-refractivity contribution in [3.05, 3.63) is 47.6 Å². The third-order valence-electron chi connectivity index (χ3n) is 3.26. The molecule has 7 nitrogen and oxygen atoms in total. The molecule has 0 aromatic carbocycles. The molecule has 0 aromatic heterocycles. The van der Waals surface area contributed by atoms with E-state index in [0.29, 0.717) is 12.8 Å². The van der Waals surface area contributed by atoms with Crippen LogP contribution in [0.15, 0.2) is 47.6 Å². The first kappa shape index (κ1) is 25.2. The number of phosphoric ester groups is 1. The van der Waals surface area contributed by atoms with Crippen molar-refractivity contribution in [1.82, 2.24) is 0 Å². The Kier molecular flexibility index (Phi) is 12.2. The molecule has 0 rings (SSSR count). The monoisotopic (exact) mass is 405 g/mol. The standard InChI is InChI=1S/C17H30O7P2/c1-5-8-17(12-7-11-16(4)10-6-9-15(2)3)13-14-23-26(21,22)24-25(18,19)20/h5,9,11,13H,1,6-8,10,12,14H2,2-4H3,(H,21,22)(H2,18,19,20)/p-3/b16-11+,17-13+. The number of hydrogen-bond donors (Lipinski definition) is 0. The van der Waals surface area contributed by atoms with Crippen molar-refractivity contribution in [3.63, 3.8) is 0 Å². The predicted molar refractivity (Wildman–Crippen MR) is 96.8 cm³/mol. The Morgan fingerprint density at radius 3 is 2.15 bits per heavy atom. The van der Waals surface area contributed by atoms with Gasteiger partial charge in [0, 0.05) is 0 Å². The van der Waals surface area contributed by atoms with Crippen LogP contribution in [-0.4, -0.2) is 6.61 Å². The number of hydrogen-bond acceptors (Lipinski definition) is 7. The fraction of sp³-hybridized carbons (Fsp3) is 0.529. The third-order valence-corrected chi connectivity index (χ3v) is 5.33. The Morgan fingerprint density at radius 1 is 1.00 bits per heavy atom. The molecule has 150 valence electrons. The maximum absolute atomic E-state index is 11.2. The highest BCUT2D eigenvalue weighted by molar-refractivity contribution is 7.58. The van der Waals surface area contributed by atoms with Gasteiger partial charge in [0.15, 0.2) is 0 Å². The molecule has 1 unspecified atom stereocenters. The smallest absolute Gasteiger partial charge is 0.272 e. The average Bonchev–Trinajstić information content (AvgIpc) is 2.44. The van der Waals surface area contributed by atoms with Gasteiger partial charge in [0.1, 0.15) is 0 Å². The first-order chi connectivity index (χ1) is 11.9. The molecule has 1 atom stereocenters. The van der Waals surface area contributed by atoms with E-state index in [-0.39, 0.29) is 0 Å². The van der Waals surface area contributed by atoms with Crippen LogP contribution in [0.4, 0.5) is 0 Å². The first-order valence-electron chi connectivity index (χ1n) is 8.22. The largest absolute Gasteiger partial charge is 0.790 e. The van der Waals surface area contributed by atoms with Gasteiger partial charge in [-0.1, -0.05) is 41.0 Å². The topological polar surface area (TPSA) is 122 Å². The van der Waals surface area contributed by atoms with Crippen LogP contribution in [0.1, 0.15) is 52.9 Å². The summed E-state index contributed by atoms with van der Waals surface area (Å²) in [5, 5.41) is 0. The Morgan fingerprint density at radius 2 is 1.62 bits per heavy atom. The second-order valence-electron chi connectivity index (χ2n) is 6.04. The van der Waals surface area contributed by atoms with Crippen LogP contribution >= 0.6 is 15.6 Å². The zero-order valence-electron chi connectivity index (χ0n) is 15.5. The Bertz CT molecular complexity index is 625. The van der Waals surface area contributed by atoms with Crippen LogP contribution in [0.5, 0.6) is 0 Å². The third kappa shape index (κ3) is 15.5. The van der Waals surface area contributed by atoms with Gasteiger partial charge >= 0.3 is 0 Å². The van der Waals surface area contributed by atoms with E-state index in [1.807, 2.05) is 0 Å². The summed E-state index contributed by atoms with van der Waals surface area (Å²) in [6.07, 6.45) is 11.5. The Labute approximate surface area is 156 Å². The summed E-state index contributed by atoms with van der Waals surface area (Å²) in [5.41, 5.74) is 3.45. The Balaban J connectivity index is 4.53. The Hall–Kier alpha value is -0.780. The van der Waals surface area contributed by atoms with Crippen molar-refractivity contribution in [3.8, 4) is 0 Å². The van der Waals surface area contributed by atoms with Crippen molar-refractivity contribution >= 4 is 15.6 Å². The van der Waals surface area contributed by atoms with Gasteiger partial charge in [0.05, 0.1) is 14.4 Å². The molecule has 0 aliphatic heterocycles. The van der Waals surface area contributed by atoms with E-state index in [0.717, 1.165) is 24.8 Å². The molecule has 26 heavy (non-hydrogen) atoms. The maximum atomic E-state index is 11.2.